The van der Waals surface area contributed by atoms with Crippen LogP contribution in [0.25, 0.3) is 28.6 Å². The molecule has 1 saturated heterocycles. The van der Waals surface area contributed by atoms with Gasteiger partial charge in [0.05, 0.1) is 34.5 Å². The highest BCUT2D eigenvalue weighted by Gasteiger charge is 2.45. The summed E-state index contributed by atoms with van der Waals surface area (Å²) in [5.74, 6) is -1.86. The predicted molar refractivity (Wildman–Crippen MR) is 160 cm³/mol. The molecule has 3 heterocycles. The Labute approximate surface area is 243 Å². The molecule has 1 fully saturated rings. The first-order valence-corrected chi connectivity index (χ1v) is 15.3. The van der Waals surface area contributed by atoms with Gasteiger partial charge in [0, 0.05) is 22.9 Å². The zero-order valence-corrected chi connectivity index (χ0v) is 23.6. The largest absolute Gasteiger partial charge is 0.272 e. The van der Waals surface area contributed by atoms with Crippen LogP contribution in [0.4, 0.5) is 0 Å². The molecule has 1 atom stereocenters. The van der Waals surface area contributed by atoms with Crippen molar-refractivity contribution in [3.8, 4) is 23.0 Å². The summed E-state index contributed by atoms with van der Waals surface area (Å²) in [5.41, 5.74) is 4.60. The van der Waals surface area contributed by atoms with Crippen LogP contribution in [0.3, 0.4) is 0 Å². The van der Waals surface area contributed by atoms with Crippen LogP contribution in [-0.4, -0.2) is 52.5 Å². The molecule has 0 bridgehead atoms. The van der Waals surface area contributed by atoms with E-state index in [-0.39, 0.29) is 34.6 Å². The summed E-state index contributed by atoms with van der Waals surface area (Å²) in [4.78, 5) is 28.8. The van der Waals surface area contributed by atoms with Gasteiger partial charge in [0.2, 0.25) is 0 Å². The van der Waals surface area contributed by atoms with Crippen molar-refractivity contribution in [3.63, 3.8) is 0 Å². The fourth-order valence-electron chi connectivity index (χ4n) is 5.44. The number of hydrogen-bond donors (Lipinski definition) is 0. The molecule has 0 saturated carbocycles. The number of carbonyl (C=O) groups excluding carboxylic acids is 2. The lowest BCUT2D eigenvalue weighted by Gasteiger charge is -2.32. The van der Waals surface area contributed by atoms with Crippen molar-refractivity contribution in [2.24, 2.45) is 0 Å². The Hall–Kier alpha value is -5.07. The van der Waals surface area contributed by atoms with Gasteiger partial charge in [0.25, 0.3) is 11.8 Å². The zero-order valence-electron chi connectivity index (χ0n) is 22.8. The summed E-state index contributed by atoms with van der Waals surface area (Å²) < 4.78 is 26.4. The number of rotatable bonds is 5. The molecule has 9 heteroatoms. The minimum atomic E-state index is -3.41. The lowest BCUT2D eigenvalue weighted by molar-refractivity contribution is -0.142. The lowest BCUT2D eigenvalue weighted by Crippen LogP contribution is -2.49. The first kappa shape index (κ1) is 27.1. The first-order chi connectivity index (χ1) is 20.3. The molecule has 4 aromatic rings. The van der Waals surface area contributed by atoms with E-state index < -0.39 is 27.7 Å². The van der Waals surface area contributed by atoms with Crippen molar-refractivity contribution in [2.45, 2.75) is 19.4 Å². The van der Waals surface area contributed by atoms with Gasteiger partial charge in [-0.3, -0.25) is 14.5 Å². The Morgan fingerprint density at radius 3 is 2.19 bits per heavy atom. The Kier molecular flexibility index (Phi) is 6.93. The molecule has 3 aromatic carbocycles. The van der Waals surface area contributed by atoms with E-state index in [4.69, 9.17) is 5.10 Å². The summed E-state index contributed by atoms with van der Waals surface area (Å²) in [6.45, 7) is 1.99. The van der Waals surface area contributed by atoms with Crippen molar-refractivity contribution in [3.05, 3.63) is 119 Å². The average Bonchev–Trinajstić information content (AvgIpc) is 3.58. The molecule has 42 heavy (non-hydrogen) atoms. The van der Waals surface area contributed by atoms with Gasteiger partial charge in [0.15, 0.2) is 9.84 Å². The van der Waals surface area contributed by atoms with Crippen LogP contribution in [0.1, 0.15) is 23.1 Å². The smallest absolute Gasteiger partial charge is 0.270 e. The average molecular weight is 575 g/mol. The van der Waals surface area contributed by atoms with Crippen molar-refractivity contribution in [2.75, 3.05) is 11.5 Å². The van der Waals surface area contributed by atoms with Crippen LogP contribution in [-0.2, 0) is 19.4 Å². The fraction of sp³-hybridized carbons (Fsp3) is 0.152. The van der Waals surface area contributed by atoms with Gasteiger partial charge < -0.3 is 0 Å². The number of hydrogen-bond acceptors (Lipinski definition) is 6. The van der Waals surface area contributed by atoms with Crippen molar-refractivity contribution in [1.82, 2.24) is 14.7 Å². The summed E-state index contributed by atoms with van der Waals surface area (Å²) in [7, 11) is -3.41. The van der Waals surface area contributed by atoms with Gasteiger partial charge in [0.1, 0.15) is 11.6 Å². The van der Waals surface area contributed by atoms with E-state index in [0.717, 1.165) is 21.7 Å². The van der Waals surface area contributed by atoms with Crippen molar-refractivity contribution < 1.29 is 18.0 Å². The molecule has 6 rings (SSSR count). The van der Waals surface area contributed by atoms with E-state index in [1.807, 2.05) is 67.6 Å². The maximum absolute atomic E-state index is 14.2. The molecule has 0 radical (unpaired) electrons. The molecule has 0 spiro atoms. The second kappa shape index (κ2) is 10.7. The van der Waals surface area contributed by atoms with Crippen molar-refractivity contribution >= 4 is 33.3 Å². The van der Waals surface area contributed by atoms with Gasteiger partial charge in [-0.1, -0.05) is 78.4 Å². The molecule has 1 unspecified atom stereocenters. The minimum absolute atomic E-state index is 0.119. The molecule has 0 aliphatic carbocycles. The Bertz CT molecular complexity index is 1920. The molecular weight excluding hydrogens is 548 g/mol. The quantitative estimate of drug-likeness (QED) is 0.251. The number of nitrogens with zero attached hydrogens (tertiary/aromatic N) is 4. The van der Waals surface area contributed by atoms with Crippen LogP contribution in [0.15, 0.2) is 102 Å². The van der Waals surface area contributed by atoms with E-state index in [9.17, 15) is 23.3 Å². The third-order valence-electron chi connectivity index (χ3n) is 7.54. The zero-order chi connectivity index (χ0) is 29.4. The number of imide groups is 1. The SMILES string of the molecule is Cc1ccc(-c2nn(-c3ccccc3)cc2C=C2C(=O)N(C3CCS(=O)(=O)C3)C(=O)C(C#N)=C2c2ccccc2)cc1. The predicted octanol–water partition coefficient (Wildman–Crippen LogP) is 4.76. The second-order valence-electron chi connectivity index (χ2n) is 10.4. The maximum atomic E-state index is 14.2. The first-order valence-electron chi connectivity index (χ1n) is 13.5. The Balaban J connectivity index is 1.59. The van der Waals surface area contributed by atoms with Gasteiger partial charge in [-0.25, -0.2) is 13.1 Å². The molecule has 208 valence electrons. The lowest BCUT2D eigenvalue weighted by atomic mass is 9.86. The molecule has 8 nitrogen and oxygen atoms in total. The van der Waals surface area contributed by atoms with Gasteiger partial charge in [-0.15, -0.1) is 0 Å². The molecule has 2 amide bonds. The topological polar surface area (TPSA) is 113 Å². The van der Waals surface area contributed by atoms with Gasteiger partial charge >= 0.3 is 0 Å². The van der Waals surface area contributed by atoms with E-state index in [2.05, 4.69) is 0 Å². The number of sulfone groups is 1. The molecule has 1 aromatic heterocycles. The van der Waals surface area contributed by atoms with Crippen LogP contribution in [0.5, 0.6) is 0 Å². The van der Waals surface area contributed by atoms with Gasteiger partial charge in [-0.2, -0.15) is 10.4 Å². The molecule has 0 N–H and O–H groups in total. The molecule has 2 aliphatic rings. The van der Waals surface area contributed by atoms with Crippen molar-refractivity contribution in [1.29, 1.82) is 5.26 Å². The number of nitriles is 1. The summed E-state index contributed by atoms with van der Waals surface area (Å²) >= 11 is 0. The highest BCUT2D eigenvalue weighted by molar-refractivity contribution is 7.91. The molecule has 2 aliphatic heterocycles. The van der Waals surface area contributed by atoms with Crippen LogP contribution >= 0.6 is 0 Å². The number of aryl methyl sites for hydroxylation is 1. The summed E-state index contributed by atoms with van der Waals surface area (Å²) in [6.07, 6.45) is 3.60. The number of amides is 2. The Morgan fingerprint density at radius 1 is 0.905 bits per heavy atom. The number of carbonyl (C=O) groups is 2. The second-order valence-corrected chi connectivity index (χ2v) is 12.6. The van der Waals surface area contributed by atoms with Gasteiger partial charge in [-0.05, 0) is 37.1 Å². The van der Waals surface area contributed by atoms with E-state index >= 15 is 0 Å². The normalized spacial score (nSPS) is 19.4. The van der Waals surface area contributed by atoms with E-state index in [0.29, 0.717) is 16.8 Å². The third kappa shape index (κ3) is 4.97. The maximum Gasteiger partial charge on any atom is 0.272 e. The summed E-state index contributed by atoms with van der Waals surface area (Å²) in [5, 5.41) is 15.1. The van der Waals surface area contributed by atoms with Crippen LogP contribution in [0, 0.1) is 18.3 Å². The minimum Gasteiger partial charge on any atom is -0.270 e. The number of benzene rings is 3. The highest BCUT2D eigenvalue weighted by Crippen LogP contribution is 2.38. The third-order valence-corrected chi connectivity index (χ3v) is 9.29. The van der Waals surface area contributed by atoms with E-state index in [1.165, 1.54) is 0 Å². The van der Waals surface area contributed by atoms with Crippen LogP contribution in [0.2, 0.25) is 0 Å². The van der Waals surface area contributed by atoms with Crippen LogP contribution < -0.4 is 0 Å². The fourth-order valence-corrected chi connectivity index (χ4v) is 7.14. The van der Waals surface area contributed by atoms with E-state index in [1.54, 1.807) is 47.3 Å². The highest BCUT2D eigenvalue weighted by atomic mass is 32.2. The summed E-state index contributed by atoms with van der Waals surface area (Å²) in [6, 6.07) is 27.4. The molecular formula is C33H26N4O4S. The number of para-hydroxylation sites is 1. The standard InChI is InChI=1S/C33H26N4O4S/c1-22-12-14-24(15-13-22)31-25(20-36(35-31)26-10-6-3-7-11-26)18-28-30(23-8-4-2-5-9-23)29(19-34)33(39)37(32(28)38)27-16-17-42(40,41)21-27/h2-15,18,20,27H,16-17,21H2,1H3. The number of aromatic nitrogens is 2. The Morgan fingerprint density at radius 2 is 1.57 bits per heavy atom. The monoisotopic (exact) mass is 574 g/mol.